The molecule has 1 fully saturated rings. The Morgan fingerprint density at radius 1 is 1.33 bits per heavy atom. The maximum absolute atomic E-state index is 11.9. The number of carbonyl (C=O) groups is 1. The van der Waals surface area contributed by atoms with E-state index in [-0.39, 0.29) is 27.4 Å². The van der Waals surface area contributed by atoms with E-state index in [9.17, 15) is 4.79 Å². The Kier molecular flexibility index (Phi) is 5.24. The van der Waals surface area contributed by atoms with Crippen LogP contribution in [0.2, 0.25) is 0 Å². The van der Waals surface area contributed by atoms with Crippen molar-refractivity contribution < 1.29 is 9.53 Å². The molecule has 0 aromatic heterocycles. The van der Waals surface area contributed by atoms with Crippen molar-refractivity contribution in [1.29, 1.82) is 0 Å². The Bertz CT molecular complexity index is 681. The van der Waals surface area contributed by atoms with Crippen molar-refractivity contribution >= 4 is 36.7 Å². The Morgan fingerprint density at radius 2 is 2.12 bits per heavy atom. The van der Waals surface area contributed by atoms with E-state index in [1.165, 1.54) is 6.42 Å². The second kappa shape index (κ2) is 7.39. The Balaban J connectivity index is 1.78. The third kappa shape index (κ3) is 3.99. The molecule has 6 nitrogen and oxygen atoms in total. The first kappa shape index (κ1) is 17.0. The molecule has 24 heavy (non-hydrogen) atoms. The fourth-order valence-electron chi connectivity index (χ4n) is 3.05. The number of ether oxygens (including phenoxy) is 1. The summed E-state index contributed by atoms with van der Waals surface area (Å²) in [7, 11) is 0. The van der Waals surface area contributed by atoms with Crippen molar-refractivity contribution in [2.45, 2.75) is 44.7 Å². The first-order chi connectivity index (χ1) is 11.6. The van der Waals surface area contributed by atoms with Crippen molar-refractivity contribution in [2.24, 2.45) is 15.7 Å². The van der Waals surface area contributed by atoms with Crippen molar-refractivity contribution in [3.63, 3.8) is 0 Å². The van der Waals surface area contributed by atoms with Gasteiger partial charge in [-0.3, -0.25) is 0 Å². The zero-order valence-corrected chi connectivity index (χ0v) is 15.7. The van der Waals surface area contributed by atoms with Crippen LogP contribution in [0.4, 0.5) is 0 Å². The summed E-state index contributed by atoms with van der Waals surface area (Å²) in [5.74, 6) is 0.169. The average Bonchev–Trinajstić information content (AvgIpc) is 2.55. The van der Waals surface area contributed by atoms with E-state index in [1.807, 2.05) is 18.2 Å². The number of benzene rings is 1. The molecule has 1 radical (unpaired) electrons. The predicted molar refractivity (Wildman–Crippen MR) is 95.8 cm³/mol. The van der Waals surface area contributed by atoms with Crippen molar-refractivity contribution in [3.05, 3.63) is 29.8 Å². The molecule has 1 aliphatic heterocycles. The Morgan fingerprint density at radius 3 is 2.88 bits per heavy atom. The number of esters is 1. The molecular formula is C17H22AsN4O2. The minimum absolute atomic E-state index is 0.288. The number of hydrogen-bond acceptors (Lipinski definition) is 6. The zero-order chi connectivity index (χ0) is 17.0. The van der Waals surface area contributed by atoms with Gasteiger partial charge < -0.3 is 0 Å². The first-order valence-corrected chi connectivity index (χ1v) is 10.2. The molecule has 0 unspecified atom stereocenters. The van der Waals surface area contributed by atoms with E-state index in [0.29, 0.717) is 18.1 Å². The minimum atomic E-state index is -0.387. The van der Waals surface area contributed by atoms with E-state index in [0.717, 1.165) is 34.7 Å². The van der Waals surface area contributed by atoms with Gasteiger partial charge in [0.15, 0.2) is 0 Å². The molecule has 3 rings (SSSR count). The number of amidine groups is 1. The third-order valence-corrected chi connectivity index (χ3v) is 6.14. The summed E-state index contributed by atoms with van der Waals surface area (Å²) >= 11 is -0.387. The van der Waals surface area contributed by atoms with Crippen LogP contribution < -0.4 is 15.4 Å². The summed E-state index contributed by atoms with van der Waals surface area (Å²) in [6.45, 7) is 2.18. The summed E-state index contributed by atoms with van der Waals surface area (Å²) < 4.78 is 7.06. The van der Waals surface area contributed by atoms with Gasteiger partial charge in [0, 0.05) is 0 Å². The second-order valence-corrected chi connectivity index (χ2v) is 8.42. The van der Waals surface area contributed by atoms with Crippen LogP contribution >= 0.6 is 0 Å². The first-order valence-electron chi connectivity index (χ1n) is 8.31. The number of carbonyl (C=O) groups excluding carboxylic acids is 1. The van der Waals surface area contributed by atoms with E-state index >= 15 is 0 Å². The fraction of sp³-hybridized carbons (Fsp3) is 0.471. The van der Waals surface area contributed by atoms with Gasteiger partial charge in [0.1, 0.15) is 0 Å². The molecule has 0 saturated heterocycles. The normalized spacial score (nSPS) is 19.7. The second-order valence-electron chi connectivity index (χ2n) is 5.98. The van der Waals surface area contributed by atoms with Gasteiger partial charge in [-0.15, -0.1) is 0 Å². The zero-order valence-electron chi connectivity index (χ0n) is 13.8. The molecule has 1 spiro atoms. The van der Waals surface area contributed by atoms with Gasteiger partial charge >= 0.3 is 148 Å². The van der Waals surface area contributed by atoms with Crippen LogP contribution in [0, 0.1) is 0 Å². The van der Waals surface area contributed by atoms with E-state index in [4.69, 9.17) is 15.5 Å². The molecule has 3 N–H and O–H groups in total. The predicted octanol–water partition coefficient (Wildman–Crippen LogP) is 1.13. The summed E-state index contributed by atoms with van der Waals surface area (Å²) in [4.78, 5) is 21.4. The van der Waals surface area contributed by atoms with E-state index < -0.39 is 0 Å². The number of rotatable bonds is 4. The molecule has 0 atom stereocenters. The molecule has 1 saturated carbocycles. The number of nitrogens with two attached hydrogens (primary N) is 1. The molecule has 1 aromatic rings. The number of nitrogens with zero attached hydrogens (tertiary/aromatic N) is 2. The maximum atomic E-state index is 11.9. The quantitative estimate of drug-likeness (QED) is 0.597. The van der Waals surface area contributed by atoms with Crippen molar-refractivity contribution in [1.82, 2.24) is 5.32 Å². The van der Waals surface area contributed by atoms with Gasteiger partial charge in [-0.1, -0.05) is 0 Å². The van der Waals surface area contributed by atoms with Gasteiger partial charge in [0.25, 0.3) is 0 Å². The average molecular weight is 389 g/mol. The molecule has 127 valence electrons. The summed E-state index contributed by atoms with van der Waals surface area (Å²) in [6, 6.07) is 7.56. The summed E-state index contributed by atoms with van der Waals surface area (Å²) in [5, 5.41) is 3.11. The molecular weight excluding hydrogens is 367 g/mol. The molecule has 1 aliphatic carbocycles. The molecule has 2 aliphatic rings. The van der Waals surface area contributed by atoms with Gasteiger partial charge in [0.05, 0.1) is 0 Å². The van der Waals surface area contributed by atoms with Crippen LogP contribution in [-0.4, -0.2) is 44.6 Å². The van der Waals surface area contributed by atoms with Gasteiger partial charge in [-0.05, 0) is 0 Å². The number of nitrogens with one attached hydrogen (secondary N) is 1. The summed E-state index contributed by atoms with van der Waals surface area (Å²) in [5.41, 5.74) is 6.22. The monoisotopic (exact) mass is 389 g/mol. The fourth-order valence-corrected chi connectivity index (χ4v) is 5.18. The standard InChI is InChI=1S/C17H22AsN4O2/c1-2-24-14(23)12-7-6-8-13(11-12)18-15-20-16(19)22-17(21-15)9-4-3-5-10-17/h6-8,11H,2-5,9-10H2,1H3,(H3,19,20,21,22). The van der Waals surface area contributed by atoms with Crippen LogP contribution in [0.1, 0.15) is 49.4 Å². The molecule has 0 bridgehead atoms. The number of hydrogen-bond donors (Lipinski definition) is 2. The van der Waals surface area contributed by atoms with Gasteiger partial charge in [0.2, 0.25) is 0 Å². The van der Waals surface area contributed by atoms with E-state index in [2.05, 4.69) is 10.3 Å². The van der Waals surface area contributed by atoms with Crippen molar-refractivity contribution in [2.75, 3.05) is 6.61 Å². The topological polar surface area (TPSA) is 89.1 Å². The van der Waals surface area contributed by atoms with Crippen LogP contribution in [0.25, 0.3) is 0 Å². The van der Waals surface area contributed by atoms with Crippen LogP contribution in [0.3, 0.4) is 0 Å². The van der Waals surface area contributed by atoms with Crippen molar-refractivity contribution in [3.8, 4) is 0 Å². The Hall–Kier alpha value is -1.81. The number of aliphatic imine (C=N–C) groups is 2. The molecule has 1 aromatic carbocycles. The van der Waals surface area contributed by atoms with Gasteiger partial charge in [-0.2, -0.15) is 0 Å². The SMILES string of the molecule is CCOC(=O)c1cccc([As]C2=NC3(CCCCC3)N=C(N)N2)c1. The molecule has 1 heterocycles. The molecule has 0 amide bonds. The van der Waals surface area contributed by atoms with E-state index in [1.54, 1.807) is 13.0 Å². The van der Waals surface area contributed by atoms with Crippen LogP contribution in [-0.2, 0) is 4.74 Å². The molecule has 7 heteroatoms. The summed E-state index contributed by atoms with van der Waals surface area (Å²) in [6.07, 6.45) is 5.45. The van der Waals surface area contributed by atoms with Crippen LogP contribution in [0.5, 0.6) is 0 Å². The van der Waals surface area contributed by atoms with Gasteiger partial charge in [-0.25, -0.2) is 0 Å². The Labute approximate surface area is 148 Å². The third-order valence-electron chi connectivity index (χ3n) is 4.13. The van der Waals surface area contributed by atoms with Crippen LogP contribution in [0.15, 0.2) is 34.3 Å². The number of guanidine groups is 1.